The third-order valence-electron chi connectivity index (χ3n) is 7.28. The molecule has 0 spiro atoms. The van der Waals surface area contributed by atoms with E-state index in [2.05, 4.69) is 40.7 Å². The van der Waals surface area contributed by atoms with Gasteiger partial charge in [0.2, 0.25) is 11.2 Å². The van der Waals surface area contributed by atoms with Crippen LogP contribution in [-0.2, 0) is 35.1 Å². The fourth-order valence-corrected chi connectivity index (χ4v) is 6.77. The molecule has 4 aromatic carbocycles. The van der Waals surface area contributed by atoms with Crippen molar-refractivity contribution < 1.29 is 137 Å². The molecule has 1 N–H and O–H groups in total. The number of aryl methyl sites for hydroxylation is 2. The van der Waals surface area contributed by atoms with E-state index in [4.69, 9.17) is 21.1 Å². The van der Waals surface area contributed by atoms with Crippen LogP contribution in [0, 0.1) is 13.8 Å². The smallest absolute Gasteiger partial charge is 0.744 e. The van der Waals surface area contributed by atoms with Gasteiger partial charge in [-0.05, 0) is 92.0 Å². The first kappa shape index (κ1) is 51.1. The number of azo groups is 2. The van der Waals surface area contributed by atoms with Crippen molar-refractivity contribution in [3.63, 3.8) is 0 Å². The summed E-state index contributed by atoms with van der Waals surface area (Å²) in [6.07, 6.45) is 0. The number of fused-ring (bicyclic) bond motifs is 1. The van der Waals surface area contributed by atoms with Gasteiger partial charge in [0.05, 0.1) is 44.0 Å². The molecule has 0 bridgehead atoms. The van der Waals surface area contributed by atoms with Gasteiger partial charge in [0, 0.05) is 17.4 Å². The Balaban J connectivity index is 0.00000374. The monoisotopic (exact) mass is 886 g/mol. The minimum atomic E-state index is -5.12. The van der Waals surface area contributed by atoms with Crippen molar-refractivity contribution in [2.75, 3.05) is 25.1 Å². The molecule has 0 radical (unpaired) electrons. The molecule has 0 atom stereocenters. The second kappa shape index (κ2) is 21.4. The van der Waals surface area contributed by atoms with Crippen LogP contribution in [0.1, 0.15) is 18.1 Å². The van der Waals surface area contributed by atoms with Crippen LogP contribution >= 0.6 is 11.6 Å². The molecule has 0 saturated carbocycles. The topological polar surface area (TPSA) is 290 Å². The van der Waals surface area contributed by atoms with Gasteiger partial charge in [0.25, 0.3) is 0 Å². The number of anilines is 2. The maximum atomic E-state index is 12.4. The number of nitrogens with one attached hydrogen (secondary N) is 1. The summed E-state index contributed by atoms with van der Waals surface area (Å²) >= 11 is 6.06. The largest absolute Gasteiger partial charge is 1.00 e. The van der Waals surface area contributed by atoms with E-state index >= 15 is 0 Å². The number of halogens is 1. The summed E-state index contributed by atoms with van der Waals surface area (Å²) in [6, 6.07) is 11.8. The molecular weight excluding hydrogens is 861 g/mol. The van der Waals surface area contributed by atoms with Crippen molar-refractivity contribution in [2.45, 2.75) is 35.5 Å². The van der Waals surface area contributed by atoms with Crippen molar-refractivity contribution in [3.05, 3.63) is 77.1 Å². The van der Waals surface area contributed by atoms with Gasteiger partial charge in [-0.3, -0.25) is 0 Å². The molecule has 1 aromatic heterocycles. The Morgan fingerprint density at radius 2 is 1.28 bits per heavy atom. The van der Waals surface area contributed by atoms with Gasteiger partial charge >= 0.3 is 94.7 Å². The van der Waals surface area contributed by atoms with Gasteiger partial charge in [0.1, 0.15) is 42.6 Å². The van der Waals surface area contributed by atoms with E-state index in [1.807, 2.05) is 6.92 Å². The van der Waals surface area contributed by atoms with Crippen LogP contribution in [0.15, 0.2) is 95.8 Å². The zero-order valence-electron chi connectivity index (χ0n) is 31.1. The summed E-state index contributed by atoms with van der Waals surface area (Å²) in [7, 11) is -15.1. The van der Waals surface area contributed by atoms with Crippen LogP contribution in [0.25, 0.3) is 10.8 Å². The molecule has 0 aliphatic rings. The molecular formula is C31H26ClN8Na3O11S3. The van der Waals surface area contributed by atoms with Crippen LogP contribution in [-0.4, -0.2) is 73.7 Å². The molecule has 0 unspecified atom stereocenters. The van der Waals surface area contributed by atoms with Gasteiger partial charge in [-0.15, -0.1) is 10.2 Å². The predicted molar refractivity (Wildman–Crippen MR) is 189 cm³/mol. The molecule has 0 amide bonds. The second-order valence-corrected chi connectivity index (χ2v) is 15.4. The SMILES string of the molecule is CCOCCOc1nc(Cl)nc(Nc2ccc(N=Nc3cc(C)c(N=Nc4cc(S(=O)(=O)[O-])ccc4S(=O)(=O)[O-])cc3C)c3cccc(S(=O)(=O)[O-])c23)n1.[Na+].[Na+].[Na+]. The summed E-state index contributed by atoms with van der Waals surface area (Å²) in [6.45, 7) is 5.90. The van der Waals surface area contributed by atoms with Crippen LogP contribution in [0.5, 0.6) is 6.01 Å². The van der Waals surface area contributed by atoms with Crippen molar-refractivity contribution in [1.29, 1.82) is 0 Å². The molecule has 26 heteroatoms. The summed E-state index contributed by atoms with van der Waals surface area (Å²) in [4.78, 5) is 9.80. The molecule has 0 saturated heterocycles. The predicted octanol–water partition coefficient (Wildman–Crippen LogP) is -2.99. The van der Waals surface area contributed by atoms with Gasteiger partial charge in [0.15, 0.2) is 0 Å². The van der Waals surface area contributed by atoms with Crippen LogP contribution in [0.3, 0.4) is 0 Å². The maximum absolute atomic E-state index is 12.4. The van der Waals surface area contributed by atoms with Crippen molar-refractivity contribution in [1.82, 2.24) is 15.0 Å². The third-order valence-corrected chi connectivity index (χ3v) is 10.0. The molecule has 5 aromatic rings. The van der Waals surface area contributed by atoms with Crippen molar-refractivity contribution in [3.8, 4) is 6.01 Å². The van der Waals surface area contributed by atoms with E-state index < -0.39 is 50.7 Å². The van der Waals surface area contributed by atoms with Gasteiger partial charge in [-0.25, -0.2) is 25.3 Å². The second-order valence-electron chi connectivity index (χ2n) is 11.0. The fourth-order valence-electron chi connectivity index (χ4n) is 4.83. The Kier molecular flexibility index (Phi) is 19.2. The Bertz CT molecular complexity index is 2680. The normalized spacial score (nSPS) is 11.9. The number of ether oxygens (including phenoxy) is 2. The first-order valence-electron chi connectivity index (χ1n) is 15.3. The number of nitrogens with zero attached hydrogens (tertiary/aromatic N) is 7. The molecule has 5 rings (SSSR count). The molecule has 284 valence electrons. The summed E-state index contributed by atoms with van der Waals surface area (Å²) in [5.74, 6) is -0.118. The Morgan fingerprint density at radius 3 is 1.86 bits per heavy atom. The fraction of sp³-hybridized carbons (Fsp3) is 0.194. The van der Waals surface area contributed by atoms with Gasteiger partial charge in [-0.1, -0.05) is 12.1 Å². The molecule has 0 aliphatic carbocycles. The van der Waals surface area contributed by atoms with Crippen molar-refractivity contribution in [2.24, 2.45) is 20.5 Å². The van der Waals surface area contributed by atoms with E-state index in [0.717, 1.165) is 6.07 Å². The van der Waals surface area contributed by atoms with Crippen LogP contribution in [0.2, 0.25) is 5.28 Å². The van der Waals surface area contributed by atoms with E-state index in [0.29, 0.717) is 41.6 Å². The molecule has 19 nitrogen and oxygen atoms in total. The molecule has 1 heterocycles. The Labute approximate surface area is 398 Å². The quantitative estimate of drug-likeness (QED) is 0.0504. The molecule has 0 aliphatic heterocycles. The average molecular weight is 887 g/mol. The zero-order valence-corrected chi connectivity index (χ0v) is 40.3. The summed E-state index contributed by atoms with van der Waals surface area (Å²) in [5, 5.41) is 19.1. The Morgan fingerprint density at radius 1 is 0.684 bits per heavy atom. The van der Waals surface area contributed by atoms with E-state index in [9.17, 15) is 38.9 Å². The van der Waals surface area contributed by atoms with Crippen LogP contribution < -0.4 is 98.7 Å². The standard InChI is InChI=1S/C31H29ClN8O11S3.3Na/c1-4-50-12-13-51-31-35-29(32)34-30(36-31)33-22-10-9-21(20-6-5-7-27(28(20)22)54(47,48)49)37-38-23-14-18(3)24(15-17(23)2)39-40-25-16-19(52(41,42)43)8-11-26(25)53(44,45)46;;;/h5-11,14-16H,4,12-13H2,1-3H3,(H,41,42,43)(H,44,45,46)(H,47,48,49)(H,33,34,35,36);;;/q;3*+1/p-3. The van der Waals surface area contributed by atoms with Gasteiger partial charge in [-0.2, -0.15) is 25.2 Å². The minimum Gasteiger partial charge on any atom is -0.744 e. The van der Waals surface area contributed by atoms with E-state index in [1.165, 1.54) is 30.3 Å². The van der Waals surface area contributed by atoms with Gasteiger partial charge < -0.3 is 28.4 Å². The number of rotatable bonds is 14. The van der Waals surface area contributed by atoms with E-state index in [1.54, 1.807) is 19.9 Å². The Hall–Kier alpha value is -2.07. The minimum absolute atomic E-state index is 0. The van der Waals surface area contributed by atoms with Crippen molar-refractivity contribution >= 4 is 87.1 Å². The summed E-state index contributed by atoms with van der Waals surface area (Å²) < 4.78 is 117. The maximum Gasteiger partial charge on any atom is 1.00 e. The van der Waals surface area contributed by atoms with Crippen LogP contribution in [0.4, 0.5) is 34.4 Å². The summed E-state index contributed by atoms with van der Waals surface area (Å²) in [5.41, 5.74) is 1.000. The number of benzene rings is 4. The first-order valence-corrected chi connectivity index (χ1v) is 19.9. The number of hydrogen-bond donors (Lipinski definition) is 1. The molecule has 0 fully saturated rings. The average Bonchev–Trinajstić information content (AvgIpc) is 3.08. The number of aromatic nitrogens is 3. The first-order chi connectivity index (χ1) is 25.3. The third kappa shape index (κ3) is 13.5. The number of hydrogen-bond acceptors (Lipinski definition) is 19. The molecule has 57 heavy (non-hydrogen) atoms. The van der Waals surface area contributed by atoms with E-state index in [-0.39, 0.29) is 147 Å². The zero-order chi connectivity index (χ0) is 39.4.